The number of carbonyl (C=O) groups excluding carboxylic acids is 1. The number of likely N-dealkylation sites (tertiary alicyclic amines) is 1. The molecule has 1 fully saturated rings. The van der Waals surface area contributed by atoms with E-state index in [9.17, 15) is 13.2 Å². The predicted octanol–water partition coefficient (Wildman–Crippen LogP) is 0.707. The normalized spacial score (nSPS) is 21.9. The lowest BCUT2D eigenvalue weighted by Gasteiger charge is -2.17. The number of sulfonamides is 1. The number of aryl methyl sites for hydroxylation is 1. The summed E-state index contributed by atoms with van der Waals surface area (Å²) in [7, 11) is -3.35. The molecule has 1 saturated heterocycles. The number of nitrogens with one attached hydrogen (secondary N) is 1. The highest BCUT2D eigenvalue weighted by atomic mass is 32.2. The molecule has 0 spiro atoms. The van der Waals surface area contributed by atoms with Crippen molar-refractivity contribution in [3.63, 3.8) is 0 Å². The van der Waals surface area contributed by atoms with Crippen molar-refractivity contribution < 1.29 is 17.7 Å². The van der Waals surface area contributed by atoms with Gasteiger partial charge in [-0.1, -0.05) is 12.1 Å². The molecule has 122 valence electrons. The van der Waals surface area contributed by atoms with Gasteiger partial charge in [0.25, 0.3) is 5.91 Å². The molecule has 1 aromatic rings. The summed E-state index contributed by atoms with van der Waals surface area (Å²) in [5.41, 5.74) is 1.28. The fourth-order valence-corrected chi connectivity index (χ4v) is 4.62. The average molecular weight is 327 g/mol. The van der Waals surface area contributed by atoms with Gasteiger partial charge in [0.2, 0.25) is 10.0 Å². The van der Waals surface area contributed by atoms with Crippen LogP contribution in [0.2, 0.25) is 0 Å². The van der Waals surface area contributed by atoms with Gasteiger partial charge < -0.3 is 9.42 Å². The van der Waals surface area contributed by atoms with Crippen LogP contribution in [0.15, 0.2) is 4.52 Å². The van der Waals surface area contributed by atoms with Crippen LogP contribution in [0.5, 0.6) is 0 Å². The highest BCUT2D eigenvalue weighted by Crippen LogP contribution is 2.26. The van der Waals surface area contributed by atoms with Gasteiger partial charge in [0, 0.05) is 31.6 Å². The molecule has 0 aromatic carbocycles. The van der Waals surface area contributed by atoms with Crippen LogP contribution in [0, 0.1) is 0 Å². The minimum Gasteiger partial charge on any atom is -0.360 e. The molecule has 0 radical (unpaired) electrons. The van der Waals surface area contributed by atoms with E-state index in [1.165, 1.54) is 0 Å². The number of hydrogen-bond donors (Lipinski definition) is 1. The molecule has 22 heavy (non-hydrogen) atoms. The van der Waals surface area contributed by atoms with Gasteiger partial charge in [-0.15, -0.1) is 0 Å². The summed E-state index contributed by atoms with van der Waals surface area (Å²) >= 11 is 0. The van der Waals surface area contributed by atoms with Gasteiger partial charge in [-0.25, -0.2) is 13.1 Å². The maximum Gasteiger partial charge on any atom is 0.276 e. The van der Waals surface area contributed by atoms with E-state index >= 15 is 0 Å². The van der Waals surface area contributed by atoms with Crippen LogP contribution in [0.25, 0.3) is 0 Å². The number of carbonyl (C=O) groups is 1. The Hall–Kier alpha value is -1.41. The first-order valence-corrected chi connectivity index (χ1v) is 9.32. The Kier molecular flexibility index (Phi) is 4.22. The van der Waals surface area contributed by atoms with Crippen molar-refractivity contribution in [2.24, 2.45) is 0 Å². The minimum atomic E-state index is -3.35. The molecule has 1 amide bonds. The smallest absolute Gasteiger partial charge is 0.276 e. The SMILES string of the molecule is CCNS(=O)(=O)C1CCN(C(=O)c2noc3c2CCCC3)C1. The zero-order chi connectivity index (χ0) is 15.7. The number of hydrogen-bond acceptors (Lipinski definition) is 5. The van der Waals surface area contributed by atoms with Gasteiger partial charge in [0.05, 0.1) is 5.25 Å². The van der Waals surface area contributed by atoms with Gasteiger partial charge in [-0.3, -0.25) is 4.79 Å². The van der Waals surface area contributed by atoms with Gasteiger partial charge in [-0.05, 0) is 25.7 Å². The maximum absolute atomic E-state index is 12.6. The standard InChI is InChI=1S/C14H21N3O4S/c1-2-15-22(19,20)10-7-8-17(9-10)14(18)13-11-5-3-4-6-12(11)21-16-13/h10,15H,2-9H2,1H3. The van der Waals surface area contributed by atoms with Crippen molar-refractivity contribution in [1.29, 1.82) is 0 Å². The molecular weight excluding hydrogens is 306 g/mol. The average Bonchev–Trinajstić information content (AvgIpc) is 3.14. The van der Waals surface area contributed by atoms with Gasteiger partial charge in [0.15, 0.2) is 5.69 Å². The summed E-state index contributed by atoms with van der Waals surface area (Å²) in [6, 6.07) is 0. The molecule has 1 aromatic heterocycles. The largest absolute Gasteiger partial charge is 0.360 e. The Bertz CT molecular complexity index is 668. The molecular formula is C14H21N3O4S. The van der Waals surface area contributed by atoms with E-state index in [4.69, 9.17) is 4.52 Å². The van der Waals surface area contributed by atoms with Crippen molar-refractivity contribution >= 4 is 15.9 Å². The molecule has 1 atom stereocenters. The zero-order valence-corrected chi connectivity index (χ0v) is 13.5. The Morgan fingerprint density at radius 2 is 2.18 bits per heavy atom. The number of rotatable bonds is 4. The first-order chi connectivity index (χ1) is 10.5. The van der Waals surface area contributed by atoms with Crippen molar-refractivity contribution in [1.82, 2.24) is 14.8 Å². The first-order valence-electron chi connectivity index (χ1n) is 7.78. The molecule has 1 aliphatic carbocycles. The fraction of sp³-hybridized carbons (Fsp3) is 0.714. The Balaban J connectivity index is 1.73. The van der Waals surface area contributed by atoms with Gasteiger partial charge >= 0.3 is 0 Å². The Morgan fingerprint density at radius 1 is 1.41 bits per heavy atom. The number of aromatic nitrogens is 1. The second-order valence-electron chi connectivity index (χ2n) is 5.84. The van der Waals surface area contributed by atoms with E-state index in [1.807, 2.05) is 0 Å². The molecule has 0 saturated carbocycles. The Labute approximate surface area is 130 Å². The lowest BCUT2D eigenvalue weighted by Crippen LogP contribution is -2.37. The number of fused-ring (bicyclic) bond motifs is 1. The van der Waals surface area contributed by atoms with Crippen LogP contribution < -0.4 is 4.72 Å². The molecule has 2 heterocycles. The van der Waals surface area contributed by atoms with E-state index in [2.05, 4.69) is 9.88 Å². The van der Waals surface area contributed by atoms with E-state index in [1.54, 1.807) is 11.8 Å². The van der Waals surface area contributed by atoms with Crippen LogP contribution in [0.4, 0.5) is 0 Å². The van der Waals surface area contributed by atoms with Crippen LogP contribution in [-0.2, 0) is 22.9 Å². The van der Waals surface area contributed by atoms with Crippen molar-refractivity contribution in [3.8, 4) is 0 Å². The summed E-state index contributed by atoms with van der Waals surface area (Å²) in [5, 5.41) is 3.39. The predicted molar refractivity (Wildman–Crippen MR) is 80.1 cm³/mol. The number of amides is 1. The van der Waals surface area contributed by atoms with E-state index in [-0.39, 0.29) is 12.5 Å². The molecule has 1 N–H and O–H groups in total. The highest BCUT2D eigenvalue weighted by Gasteiger charge is 2.37. The Morgan fingerprint density at radius 3 is 2.95 bits per heavy atom. The van der Waals surface area contributed by atoms with E-state index in [0.29, 0.717) is 25.2 Å². The zero-order valence-electron chi connectivity index (χ0n) is 12.7. The molecule has 2 aliphatic rings. The van der Waals surface area contributed by atoms with Crippen LogP contribution in [-0.4, -0.2) is 49.3 Å². The summed E-state index contributed by atoms with van der Waals surface area (Å²) in [5.74, 6) is 0.603. The summed E-state index contributed by atoms with van der Waals surface area (Å²) in [4.78, 5) is 14.2. The minimum absolute atomic E-state index is 0.207. The second-order valence-corrected chi connectivity index (χ2v) is 7.89. The lowest BCUT2D eigenvalue weighted by molar-refractivity contribution is 0.0782. The van der Waals surface area contributed by atoms with Crippen molar-refractivity contribution in [2.75, 3.05) is 19.6 Å². The molecule has 1 unspecified atom stereocenters. The van der Waals surface area contributed by atoms with Crippen molar-refractivity contribution in [2.45, 2.75) is 44.3 Å². The van der Waals surface area contributed by atoms with Gasteiger partial charge in [-0.2, -0.15) is 0 Å². The third kappa shape index (κ3) is 2.77. The maximum atomic E-state index is 12.6. The lowest BCUT2D eigenvalue weighted by atomic mass is 9.96. The summed E-state index contributed by atoms with van der Waals surface area (Å²) in [6.07, 6.45) is 4.19. The molecule has 8 heteroatoms. The highest BCUT2D eigenvalue weighted by molar-refractivity contribution is 7.90. The van der Waals surface area contributed by atoms with Gasteiger partial charge in [0.1, 0.15) is 5.76 Å². The molecule has 3 rings (SSSR count). The first kappa shape index (κ1) is 15.5. The quantitative estimate of drug-likeness (QED) is 0.879. The topological polar surface area (TPSA) is 92.5 Å². The monoisotopic (exact) mass is 327 g/mol. The van der Waals surface area contributed by atoms with Crippen molar-refractivity contribution in [3.05, 3.63) is 17.0 Å². The van der Waals surface area contributed by atoms with Crippen LogP contribution >= 0.6 is 0 Å². The number of nitrogens with zero attached hydrogens (tertiary/aromatic N) is 2. The van der Waals surface area contributed by atoms with Crippen LogP contribution in [0.1, 0.15) is 48.0 Å². The molecule has 0 bridgehead atoms. The second kappa shape index (κ2) is 6.00. The summed E-state index contributed by atoms with van der Waals surface area (Å²) in [6.45, 7) is 2.77. The van der Waals surface area contributed by atoms with Crippen LogP contribution in [0.3, 0.4) is 0 Å². The van der Waals surface area contributed by atoms with E-state index in [0.717, 1.165) is 37.0 Å². The molecule has 1 aliphatic heterocycles. The third-order valence-corrected chi connectivity index (χ3v) is 6.32. The fourth-order valence-electron chi connectivity index (χ4n) is 3.19. The third-order valence-electron chi connectivity index (χ3n) is 4.37. The summed E-state index contributed by atoms with van der Waals surface area (Å²) < 4.78 is 31.9. The van der Waals surface area contributed by atoms with E-state index < -0.39 is 15.3 Å². The molecule has 7 nitrogen and oxygen atoms in total.